The van der Waals surface area contributed by atoms with Crippen molar-refractivity contribution in [1.29, 1.82) is 0 Å². The van der Waals surface area contributed by atoms with E-state index in [-0.39, 0.29) is 41.1 Å². The minimum atomic E-state index is -0.445. The summed E-state index contributed by atoms with van der Waals surface area (Å²) in [5.41, 5.74) is 8.04. The summed E-state index contributed by atoms with van der Waals surface area (Å²) in [6, 6.07) is 33.3. The fourth-order valence-electron chi connectivity index (χ4n) is 9.96. The number of aromatic amines is 1. The van der Waals surface area contributed by atoms with Crippen molar-refractivity contribution < 1.29 is 43.5 Å². The highest BCUT2D eigenvalue weighted by atomic mass is 79.9. The van der Waals surface area contributed by atoms with Gasteiger partial charge in [0.05, 0.1) is 81.0 Å². The van der Waals surface area contributed by atoms with Gasteiger partial charge in [0, 0.05) is 51.9 Å². The smallest absolute Gasteiger partial charge is 0.348 e. The van der Waals surface area contributed by atoms with Crippen LogP contribution in [0.3, 0.4) is 0 Å². The number of benzene rings is 5. The lowest BCUT2D eigenvalue weighted by molar-refractivity contribution is -0.134. The van der Waals surface area contributed by atoms with Crippen molar-refractivity contribution in [2.75, 3.05) is 92.1 Å². The molecule has 78 heavy (non-hydrogen) atoms. The van der Waals surface area contributed by atoms with Crippen molar-refractivity contribution in [1.82, 2.24) is 34.8 Å². The van der Waals surface area contributed by atoms with Gasteiger partial charge in [0.25, 0.3) is 0 Å². The van der Waals surface area contributed by atoms with E-state index < -0.39 is 5.69 Å². The van der Waals surface area contributed by atoms with E-state index >= 15 is 0 Å². The van der Waals surface area contributed by atoms with Crippen LogP contribution in [0, 0.1) is 6.92 Å². The Labute approximate surface area is 465 Å². The number of rotatable bonds is 27. The molecule has 2 fully saturated rings. The lowest BCUT2D eigenvalue weighted by atomic mass is 9.97. The second-order valence-corrected chi connectivity index (χ2v) is 20.9. The minimum Gasteiger partial charge on any atom is -0.508 e. The standard InChI is InChI=1S/C60H74BrN7O10/c1-42(2)50-37-51(55(70)38-54(50)69)58-63-64-60(73)68(58)48-18-15-44(16-19-48)39-65-24-26-66(27-25-65)57(71)21-28-74-30-32-76-34-35-77-33-31-75-29-22-62-59(72)53-14-7-8-23-67(53)40-45-17-20-56(52(61)36-45)78-41-47-12-9-13-49(43(47)3)46-10-5-4-6-11-46/h4-6,9-13,15-20,36-38,42,53,69-70H,7-8,14,21-35,39-41H2,1-3H3,(H,62,72)(H,64,73). The number of hydrogen-bond acceptors (Lipinski definition) is 13. The van der Waals surface area contributed by atoms with Gasteiger partial charge in [0.1, 0.15) is 23.9 Å². The number of phenolic OH excluding ortho intramolecular Hbond substituents is 2. The molecule has 5 aromatic carbocycles. The average molecular weight is 1130 g/mol. The third kappa shape index (κ3) is 15.9. The zero-order chi connectivity index (χ0) is 54.8. The minimum absolute atomic E-state index is 0.00605. The number of aromatic nitrogens is 3. The van der Waals surface area contributed by atoms with Gasteiger partial charge in [-0.1, -0.05) is 87.0 Å². The van der Waals surface area contributed by atoms with Gasteiger partial charge in [-0.05, 0) is 117 Å². The molecule has 2 aliphatic rings. The predicted molar refractivity (Wildman–Crippen MR) is 303 cm³/mol. The van der Waals surface area contributed by atoms with Gasteiger partial charge in [0.15, 0.2) is 5.82 Å². The maximum absolute atomic E-state index is 13.3. The highest BCUT2D eigenvalue weighted by Gasteiger charge is 2.29. The second kappa shape index (κ2) is 29.0. The number of ether oxygens (including phenoxy) is 5. The van der Waals surface area contributed by atoms with Gasteiger partial charge in [-0.15, -0.1) is 0 Å². The van der Waals surface area contributed by atoms with E-state index in [0.717, 1.165) is 65.8 Å². The Bertz CT molecular complexity index is 2940. The van der Waals surface area contributed by atoms with Crippen LogP contribution < -0.4 is 15.7 Å². The number of H-pyrrole nitrogens is 1. The Morgan fingerprint density at radius 2 is 1.44 bits per heavy atom. The van der Waals surface area contributed by atoms with Crippen molar-refractivity contribution in [2.45, 2.75) is 78.1 Å². The van der Waals surface area contributed by atoms with Crippen LogP contribution in [-0.4, -0.2) is 150 Å². The first-order valence-electron chi connectivity index (χ1n) is 27.1. The number of phenols is 2. The van der Waals surface area contributed by atoms with Crippen molar-refractivity contribution in [3.8, 4) is 45.5 Å². The predicted octanol–water partition coefficient (Wildman–Crippen LogP) is 8.35. The number of amides is 2. The summed E-state index contributed by atoms with van der Waals surface area (Å²) in [6.07, 6.45) is 3.21. The first-order chi connectivity index (χ1) is 37.9. The molecule has 17 nitrogen and oxygen atoms in total. The molecular formula is C60H74BrN7O10. The largest absolute Gasteiger partial charge is 0.508 e. The molecule has 0 radical (unpaired) electrons. The molecule has 6 aromatic rings. The quantitative estimate of drug-likeness (QED) is 0.0360. The van der Waals surface area contributed by atoms with Crippen LogP contribution in [0.15, 0.2) is 112 Å². The molecule has 0 bridgehead atoms. The summed E-state index contributed by atoms with van der Waals surface area (Å²) >= 11 is 3.74. The first-order valence-corrected chi connectivity index (χ1v) is 27.9. The van der Waals surface area contributed by atoms with Crippen LogP contribution >= 0.6 is 15.9 Å². The van der Waals surface area contributed by atoms with Crippen LogP contribution in [-0.2, 0) is 48.2 Å². The zero-order valence-electron chi connectivity index (χ0n) is 45.1. The molecule has 0 saturated carbocycles. The third-order valence-electron chi connectivity index (χ3n) is 14.3. The number of carbonyl (C=O) groups is 2. The van der Waals surface area contributed by atoms with Crippen LogP contribution in [0.5, 0.6) is 17.2 Å². The molecule has 1 aromatic heterocycles. The molecule has 0 spiro atoms. The normalized spacial score (nSPS) is 15.2. The van der Waals surface area contributed by atoms with E-state index in [1.807, 2.05) is 55.1 Å². The van der Waals surface area contributed by atoms with Gasteiger partial charge >= 0.3 is 5.69 Å². The number of aromatic hydroxyl groups is 2. The Kier molecular flexibility index (Phi) is 21.5. The number of halogens is 1. The molecular weight excluding hydrogens is 1060 g/mol. The lowest BCUT2D eigenvalue weighted by Gasteiger charge is -2.34. The third-order valence-corrected chi connectivity index (χ3v) is 15.0. The van der Waals surface area contributed by atoms with Gasteiger partial charge in [-0.25, -0.2) is 14.5 Å². The Balaban J connectivity index is 0.627. The van der Waals surface area contributed by atoms with Gasteiger partial charge < -0.3 is 44.1 Å². The average Bonchev–Trinajstić information content (AvgIpc) is 3.89. The van der Waals surface area contributed by atoms with E-state index in [1.165, 1.54) is 27.3 Å². The maximum atomic E-state index is 13.3. The van der Waals surface area contributed by atoms with Crippen molar-refractivity contribution >= 4 is 27.7 Å². The van der Waals surface area contributed by atoms with Gasteiger partial charge in [-0.2, -0.15) is 5.10 Å². The number of carbonyl (C=O) groups excluding carboxylic acids is 2. The number of nitrogens with one attached hydrogen (secondary N) is 2. The molecule has 1 unspecified atom stereocenters. The number of piperidine rings is 1. The van der Waals surface area contributed by atoms with E-state index in [2.05, 4.69) is 103 Å². The van der Waals surface area contributed by atoms with Crippen LogP contribution in [0.25, 0.3) is 28.2 Å². The fourth-order valence-corrected chi connectivity index (χ4v) is 10.5. The number of nitrogens with zero attached hydrogens (tertiary/aromatic N) is 5. The summed E-state index contributed by atoms with van der Waals surface area (Å²) in [5, 5.41) is 30.7. The number of hydrogen-bond donors (Lipinski definition) is 4. The molecule has 0 aliphatic carbocycles. The molecule has 1 atom stereocenters. The van der Waals surface area contributed by atoms with Crippen molar-refractivity contribution in [3.05, 3.63) is 146 Å². The Morgan fingerprint density at radius 1 is 0.744 bits per heavy atom. The van der Waals surface area contributed by atoms with Crippen molar-refractivity contribution in [2.24, 2.45) is 0 Å². The van der Waals surface area contributed by atoms with E-state index in [4.69, 9.17) is 23.7 Å². The van der Waals surface area contributed by atoms with E-state index in [1.54, 1.807) is 6.07 Å². The Morgan fingerprint density at radius 3 is 2.14 bits per heavy atom. The maximum Gasteiger partial charge on any atom is 0.348 e. The summed E-state index contributed by atoms with van der Waals surface area (Å²) in [7, 11) is 0. The van der Waals surface area contributed by atoms with Gasteiger partial charge in [0.2, 0.25) is 11.8 Å². The van der Waals surface area contributed by atoms with Crippen LogP contribution in [0.1, 0.15) is 73.3 Å². The summed E-state index contributed by atoms with van der Waals surface area (Å²) < 4.78 is 31.3. The zero-order valence-corrected chi connectivity index (χ0v) is 46.7. The lowest BCUT2D eigenvalue weighted by Crippen LogP contribution is -2.49. The van der Waals surface area contributed by atoms with Crippen molar-refractivity contribution in [3.63, 3.8) is 0 Å². The molecule has 8 rings (SSSR count). The van der Waals surface area contributed by atoms with Gasteiger partial charge in [-0.3, -0.25) is 19.4 Å². The topological polar surface area (TPSA) is 193 Å². The second-order valence-electron chi connectivity index (χ2n) is 20.1. The SMILES string of the molecule is Cc1c(COc2ccc(CN3CCCCC3C(=O)NCCOCCOCCOCCOCCC(=O)N3CCN(Cc4ccc(-n5c(-c6cc(C(C)C)c(O)cc6O)n[nH]c5=O)cc4)CC3)cc2Br)cccc1-c1ccccc1. The molecule has 2 aliphatic heterocycles. The highest BCUT2D eigenvalue weighted by molar-refractivity contribution is 9.10. The number of piperazine rings is 1. The summed E-state index contributed by atoms with van der Waals surface area (Å²) in [4.78, 5) is 45.5. The number of likely N-dealkylation sites (tertiary alicyclic amines) is 1. The molecule has 2 saturated heterocycles. The van der Waals surface area contributed by atoms with E-state index in [0.29, 0.717) is 115 Å². The molecule has 416 valence electrons. The first kappa shape index (κ1) is 57.8. The molecule has 2 amide bonds. The summed E-state index contributed by atoms with van der Waals surface area (Å²) in [5.74, 6) is 0.928. The molecule has 18 heteroatoms. The van der Waals surface area contributed by atoms with Crippen LogP contribution in [0.4, 0.5) is 0 Å². The monoisotopic (exact) mass is 1130 g/mol. The molecule has 4 N–H and O–H groups in total. The molecule has 3 heterocycles. The van der Waals surface area contributed by atoms with Crippen LogP contribution in [0.2, 0.25) is 0 Å². The fraction of sp³-hybridized carbons (Fsp3) is 0.433. The summed E-state index contributed by atoms with van der Waals surface area (Å²) in [6.45, 7) is 15.0. The Hall–Kier alpha value is -6.38. The highest BCUT2D eigenvalue weighted by Crippen LogP contribution is 2.38. The van der Waals surface area contributed by atoms with E-state index in [9.17, 15) is 24.6 Å².